The zero-order valence-corrected chi connectivity index (χ0v) is 14.6. The van der Waals surface area contributed by atoms with E-state index in [-0.39, 0.29) is 0 Å². The number of nitrogens with one attached hydrogen (secondary N) is 2. The fraction of sp³-hybridized carbons (Fsp3) is 0.250. The van der Waals surface area contributed by atoms with E-state index in [1.807, 2.05) is 48.5 Å². The van der Waals surface area contributed by atoms with Crippen molar-refractivity contribution in [2.75, 3.05) is 13.1 Å². The SMILES string of the molecule is Clc1ccc(Oc2ccc(-c3cc(C4CCNCC4)n[nH]3)cc2)cc1. The highest BCUT2D eigenvalue weighted by Crippen LogP contribution is 2.29. The third-order valence-corrected chi connectivity index (χ3v) is 4.82. The van der Waals surface area contributed by atoms with Crippen LogP contribution in [0.1, 0.15) is 24.5 Å². The summed E-state index contributed by atoms with van der Waals surface area (Å²) in [6.07, 6.45) is 2.30. The quantitative estimate of drug-likeness (QED) is 0.694. The molecule has 0 radical (unpaired) electrons. The molecule has 0 saturated carbocycles. The Balaban J connectivity index is 1.46. The monoisotopic (exact) mass is 353 g/mol. The number of ether oxygens (including phenoxy) is 1. The Morgan fingerprint density at radius 1 is 0.920 bits per heavy atom. The van der Waals surface area contributed by atoms with E-state index in [1.54, 1.807) is 0 Å². The Morgan fingerprint density at radius 3 is 2.24 bits per heavy atom. The average molecular weight is 354 g/mol. The first-order chi connectivity index (χ1) is 12.3. The molecule has 25 heavy (non-hydrogen) atoms. The van der Waals surface area contributed by atoms with Crippen LogP contribution in [0.2, 0.25) is 5.02 Å². The molecule has 0 aliphatic carbocycles. The second-order valence-electron chi connectivity index (χ2n) is 6.31. The lowest BCUT2D eigenvalue weighted by molar-refractivity contribution is 0.453. The van der Waals surface area contributed by atoms with Crippen molar-refractivity contribution in [1.29, 1.82) is 0 Å². The minimum atomic E-state index is 0.554. The smallest absolute Gasteiger partial charge is 0.127 e. The van der Waals surface area contributed by atoms with Crippen LogP contribution in [0.3, 0.4) is 0 Å². The number of hydrogen-bond donors (Lipinski definition) is 2. The van der Waals surface area contributed by atoms with Gasteiger partial charge in [0.1, 0.15) is 11.5 Å². The number of piperidine rings is 1. The molecule has 0 spiro atoms. The lowest BCUT2D eigenvalue weighted by Crippen LogP contribution is -2.26. The van der Waals surface area contributed by atoms with Crippen LogP contribution in [-0.2, 0) is 0 Å². The van der Waals surface area contributed by atoms with Gasteiger partial charge in [-0.15, -0.1) is 0 Å². The molecule has 0 atom stereocenters. The van der Waals surface area contributed by atoms with Crippen molar-refractivity contribution in [3.05, 3.63) is 65.3 Å². The van der Waals surface area contributed by atoms with Gasteiger partial charge in [-0.3, -0.25) is 5.10 Å². The van der Waals surface area contributed by atoms with Gasteiger partial charge in [0.2, 0.25) is 0 Å². The Morgan fingerprint density at radius 2 is 1.56 bits per heavy atom. The Hall–Kier alpha value is -2.30. The summed E-state index contributed by atoms with van der Waals surface area (Å²) >= 11 is 5.89. The Kier molecular flexibility index (Phi) is 4.72. The van der Waals surface area contributed by atoms with E-state index in [1.165, 1.54) is 0 Å². The molecular weight excluding hydrogens is 334 g/mol. The van der Waals surface area contributed by atoms with Crippen LogP contribution in [0.5, 0.6) is 11.5 Å². The minimum absolute atomic E-state index is 0.554. The van der Waals surface area contributed by atoms with Gasteiger partial charge < -0.3 is 10.1 Å². The van der Waals surface area contributed by atoms with Gasteiger partial charge in [0.05, 0.1) is 11.4 Å². The highest BCUT2D eigenvalue weighted by molar-refractivity contribution is 6.30. The number of aromatic nitrogens is 2. The van der Waals surface area contributed by atoms with Gasteiger partial charge in [0.15, 0.2) is 0 Å². The van der Waals surface area contributed by atoms with Gasteiger partial charge in [0.25, 0.3) is 0 Å². The van der Waals surface area contributed by atoms with Crippen LogP contribution < -0.4 is 10.1 Å². The predicted molar refractivity (Wildman–Crippen MR) is 100 cm³/mol. The van der Waals surface area contributed by atoms with E-state index in [9.17, 15) is 0 Å². The first kappa shape index (κ1) is 16.2. The second-order valence-corrected chi connectivity index (χ2v) is 6.75. The van der Waals surface area contributed by atoms with Crippen molar-refractivity contribution >= 4 is 11.6 Å². The molecule has 1 saturated heterocycles. The lowest BCUT2D eigenvalue weighted by atomic mass is 9.94. The largest absolute Gasteiger partial charge is 0.457 e. The fourth-order valence-corrected chi connectivity index (χ4v) is 3.28. The molecule has 2 heterocycles. The first-order valence-electron chi connectivity index (χ1n) is 8.58. The summed E-state index contributed by atoms with van der Waals surface area (Å²) in [5.74, 6) is 2.12. The zero-order valence-electron chi connectivity index (χ0n) is 13.8. The molecule has 4 nitrogen and oxygen atoms in total. The molecule has 0 amide bonds. The summed E-state index contributed by atoms with van der Waals surface area (Å²) in [6.45, 7) is 2.15. The van der Waals surface area contributed by atoms with Gasteiger partial charge in [0, 0.05) is 10.9 Å². The maximum Gasteiger partial charge on any atom is 0.127 e. The molecule has 3 aromatic rings. The lowest BCUT2D eigenvalue weighted by Gasteiger charge is -2.20. The summed E-state index contributed by atoms with van der Waals surface area (Å²) in [5, 5.41) is 11.8. The molecule has 0 unspecified atom stereocenters. The number of hydrogen-bond acceptors (Lipinski definition) is 3. The average Bonchev–Trinajstić information content (AvgIpc) is 3.15. The topological polar surface area (TPSA) is 49.9 Å². The van der Waals surface area contributed by atoms with Gasteiger partial charge in [-0.2, -0.15) is 5.10 Å². The number of H-pyrrole nitrogens is 1. The zero-order chi connectivity index (χ0) is 17.1. The van der Waals surface area contributed by atoms with Crippen LogP contribution in [0.15, 0.2) is 54.6 Å². The minimum Gasteiger partial charge on any atom is -0.457 e. The molecule has 2 aromatic carbocycles. The third kappa shape index (κ3) is 3.86. The van der Waals surface area contributed by atoms with E-state index >= 15 is 0 Å². The van der Waals surface area contributed by atoms with Crippen LogP contribution >= 0.6 is 11.6 Å². The molecule has 128 valence electrons. The van der Waals surface area contributed by atoms with E-state index in [2.05, 4.69) is 21.6 Å². The molecule has 1 fully saturated rings. The van der Waals surface area contributed by atoms with Crippen molar-refractivity contribution in [2.24, 2.45) is 0 Å². The molecule has 1 aliphatic heterocycles. The van der Waals surface area contributed by atoms with Crippen LogP contribution in [0.4, 0.5) is 0 Å². The summed E-state index contributed by atoms with van der Waals surface area (Å²) < 4.78 is 5.83. The summed E-state index contributed by atoms with van der Waals surface area (Å²) in [4.78, 5) is 0. The predicted octanol–water partition coefficient (Wildman–Crippen LogP) is 4.99. The van der Waals surface area contributed by atoms with Gasteiger partial charge in [-0.05, 0) is 86.1 Å². The summed E-state index contributed by atoms with van der Waals surface area (Å²) in [7, 11) is 0. The third-order valence-electron chi connectivity index (χ3n) is 4.57. The summed E-state index contributed by atoms with van der Waals surface area (Å²) in [6, 6.07) is 17.5. The number of benzene rings is 2. The molecule has 1 aliphatic rings. The summed E-state index contributed by atoms with van der Waals surface area (Å²) in [5.41, 5.74) is 3.32. The Bertz CT molecular complexity index is 821. The van der Waals surface area contributed by atoms with Crippen molar-refractivity contribution in [2.45, 2.75) is 18.8 Å². The van der Waals surface area contributed by atoms with Gasteiger partial charge >= 0.3 is 0 Å². The van der Waals surface area contributed by atoms with Crippen molar-refractivity contribution in [3.8, 4) is 22.8 Å². The number of halogens is 1. The van der Waals surface area contributed by atoms with E-state index in [0.717, 1.165) is 54.4 Å². The molecule has 4 rings (SSSR count). The highest BCUT2D eigenvalue weighted by Gasteiger charge is 2.18. The number of rotatable bonds is 4. The van der Waals surface area contributed by atoms with E-state index in [0.29, 0.717) is 10.9 Å². The van der Waals surface area contributed by atoms with Crippen LogP contribution in [0, 0.1) is 0 Å². The van der Waals surface area contributed by atoms with Crippen LogP contribution in [-0.4, -0.2) is 23.3 Å². The molecule has 2 N–H and O–H groups in total. The normalized spacial score (nSPS) is 15.2. The van der Waals surface area contributed by atoms with Crippen molar-refractivity contribution in [1.82, 2.24) is 15.5 Å². The van der Waals surface area contributed by atoms with Gasteiger partial charge in [-0.25, -0.2) is 0 Å². The standard InChI is InChI=1S/C20H20ClN3O/c21-16-3-7-18(8-4-16)25-17-5-1-14(2-6-17)19-13-20(24-23-19)15-9-11-22-12-10-15/h1-8,13,15,22H,9-12H2,(H,23,24). The number of aromatic amines is 1. The second kappa shape index (κ2) is 7.30. The molecule has 0 bridgehead atoms. The Labute approximate surface area is 152 Å². The van der Waals surface area contributed by atoms with Crippen molar-refractivity contribution in [3.63, 3.8) is 0 Å². The first-order valence-corrected chi connectivity index (χ1v) is 8.95. The van der Waals surface area contributed by atoms with Crippen molar-refractivity contribution < 1.29 is 4.74 Å². The molecular formula is C20H20ClN3O. The fourth-order valence-electron chi connectivity index (χ4n) is 3.15. The van der Waals surface area contributed by atoms with Crippen LogP contribution in [0.25, 0.3) is 11.3 Å². The van der Waals surface area contributed by atoms with E-state index < -0.39 is 0 Å². The highest BCUT2D eigenvalue weighted by atomic mass is 35.5. The number of nitrogens with zero attached hydrogens (tertiary/aromatic N) is 1. The molecule has 1 aromatic heterocycles. The van der Waals surface area contributed by atoms with E-state index in [4.69, 9.17) is 16.3 Å². The maximum atomic E-state index is 5.89. The van der Waals surface area contributed by atoms with Gasteiger partial charge in [-0.1, -0.05) is 11.6 Å². The molecule has 5 heteroatoms. The maximum absolute atomic E-state index is 5.89.